The zero-order valence-corrected chi connectivity index (χ0v) is 13.7. The number of nitrogens with one attached hydrogen (secondary N) is 1. The Morgan fingerprint density at radius 2 is 1.77 bits per heavy atom. The van der Waals surface area contributed by atoms with Gasteiger partial charge in [0.15, 0.2) is 0 Å². The van der Waals surface area contributed by atoms with Crippen molar-refractivity contribution in [2.75, 3.05) is 12.4 Å². The van der Waals surface area contributed by atoms with Crippen LogP contribution in [0.2, 0.25) is 0 Å². The average Bonchev–Trinajstić information content (AvgIpc) is 2.38. The molecule has 0 heterocycles. The van der Waals surface area contributed by atoms with Crippen molar-refractivity contribution in [2.24, 2.45) is 0 Å². The Balaban J connectivity index is 2.63. The normalized spacial score (nSPS) is 11.8. The van der Waals surface area contributed by atoms with E-state index in [0.29, 0.717) is 5.70 Å². The Morgan fingerprint density at radius 3 is 2.27 bits per heavy atom. The zero-order chi connectivity index (χ0) is 16.8. The molecule has 120 valence electrons. The Hall–Kier alpha value is -2.30. The van der Waals surface area contributed by atoms with E-state index in [2.05, 4.69) is 10.1 Å². The lowest BCUT2D eigenvalue weighted by Crippen LogP contribution is -2.23. The number of allylic oxidation sites excluding steroid dienone is 1. The summed E-state index contributed by atoms with van der Waals surface area (Å²) in [6.45, 7) is 7.25. The molecule has 0 radical (unpaired) electrons. The molecule has 0 aliphatic rings. The predicted octanol–water partition coefficient (Wildman–Crippen LogP) is 3.06. The summed E-state index contributed by atoms with van der Waals surface area (Å²) in [4.78, 5) is 22.9. The summed E-state index contributed by atoms with van der Waals surface area (Å²) in [6, 6.07) is 7.34. The second kappa shape index (κ2) is 7.64. The predicted molar refractivity (Wildman–Crippen MR) is 85.4 cm³/mol. The molecule has 0 unspecified atom stereocenters. The second-order valence-corrected chi connectivity index (χ2v) is 5.94. The molecule has 1 aromatic carbocycles. The van der Waals surface area contributed by atoms with E-state index in [0.717, 1.165) is 11.3 Å². The van der Waals surface area contributed by atoms with E-state index >= 15 is 0 Å². The molecule has 1 aromatic rings. The third-order valence-electron chi connectivity index (χ3n) is 2.61. The summed E-state index contributed by atoms with van der Waals surface area (Å²) in [6.07, 6.45) is 1.65. The number of anilines is 1. The summed E-state index contributed by atoms with van der Waals surface area (Å²) < 4.78 is 9.83. The minimum atomic E-state index is -0.511. The Morgan fingerprint density at radius 1 is 1.18 bits per heavy atom. The van der Waals surface area contributed by atoms with Gasteiger partial charge in [-0.05, 0) is 45.4 Å². The molecular weight excluding hydrogens is 282 g/mol. The van der Waals surface area contributed by atoms with Crippen LogP contribution in [0.1, 0.15) is 33.3 Å². The van der Waals surface area contributed by atoms with Crippen molar-refractivity contribution < 1.29 is 19.1 Å². The fourth-order valence-corrected chi connectivity index (χ4v) is 1.72. The number of methoxy groups -OCH3 is 1. The van der Waals surface area contributed by atoms with Crippen molar-refractivity contribution in [1.29, 1.82) is 0 Å². The summed E-state index contributed by atoms with van der Waals surface area (Å²) in [5, 5.41) is 3.10. The lowest BCUT2D eigenvalue weighted by atomic mass is 10.1. The minimum absolute atomic E-state index is 0.240. The highest BCUT2D eigenvalue weighted by molar-refractivity contribution is 5.83. The van der Waals surface area contributed by atoms with Crippen LogP contribution in [0.3, 0.4) is 0 Å². The van der Waals surface area contributed by atoms with E-state index in [9.17, 15) is 9.59 Å². The van der Waals surface area contributed by atoms with Gasteiger partial charge >= 0.3 is 11.9 Å². The van der Waals surface area contributed by atoms with E-state index in [1.165, 1.54) is 13.2 Å². The summed E-state index contributed by atoms with van der Waals surface area (Å²) in [5.74, 6) is -0.665. The largest absolute Gasteiger partial charge is 0.469 e. The molecule has 0 aromatic heterocycles. The lowest BCUT2D eigenvalue weighted by Gasteiger charge is -2.18. The highest BCUT2D eigenvalue weighted by Gasteiger charge is 2.14. The SMILES string of the molecule is COC(=O)Cc1ccc(NC(C)=CC(=O)OC(C)(C)C)cc1. The van der Waals surface area contributed by atoms with Crippen LogP contribution in [0.4, 0.5) is 5.69 Å². The van der Waals surface area contributed by atoms with Gasteiger partial charge in [0.1, 0.15) is 5.60 Å². The summed E-state index contributed by atoms with van der Waals surface area (Å²) in [5.41, 5.74) is 1.86. The number of hydrogen-bond acceptors (Lipinski definition) is 5. The van der Waals surface area contributed by atoms with Crippen molar-refractivity contribution >= 4 is 17.6 Å². The number of carbonyl (C=O) groups excluding carboxylic acids is 2. The summed E-state index contributed by atoms with van der Waals surface area (Å²) >= 11 is 0. The molecule has 0 aliphatic heterocycles. The monoisotopic (exact) mass is 305 g/mol. The van der Waals surface area contributed by atoms with Gasteiger partial charge in [0.25, 0.3) is 0 Å². The van der Waals surface area contributed by atoms with Gasteiger partial charge in [-0.3, -0.25) is 4.79 Å². The molecule has 5 nitrogen and oxygen atoms in total. The number of hydrogen-bond donors (Lipinski definition) is 1. The molecule has 0 spiro atoms. The highest BCUT2D eigenvalue weighted by Crippen LogP contribution is 2.13. The van der Waals surface area contributed by atoms with Gasteiger partial charge in [-0.25, -0.2) is 4.79 Å². The first-order chi connectivity index (χ1) is 10.2. The molecule has 1 rings (SSSR count). The first-order valence-corrected chi connectivity index (χ1v) is 7.03. The van der Waals surface area contributed by atoms with Crippen molar-refractivity contribution in [2.45, 2.75) is 39.7 Å². The van der Waals surface area contributed by atoms with Crippen LogP contribution in [-0.4, -0.2) is 24.6 Å². The van der Waals surface area contributed by atoms with E-state index in [1.54, 1.807) is 6.92 Å². The molecule has 0 amide bonds. The minimum Gasteiger partial charge on any atom is -0.469 e. The van der Waals surface area contributed by atoms with Crippen LogP contribution in [0.5, 0.6) is 0 Å². The second-order valence-electron chi connectivity index (χ2n) is 5.94. The average molecular weight is 305 g/mol. The third kappa shape index (κ3) is 6.92. The van der Waals surface area contributed by atoms with Crippen LogP contribution in [0.25, 0.3) is 0 Å². The fraction of sp³-hybridized carbons (Fsp3) is 0.412. The van der Waals surface area contributed by atoms with Gasteiger partial charge in [-0.15, -0.1) is 0 Å². The molecule has 0 saturated carbocycles. The van der Waals surface area contributed by atoms with Gasteiger partial charge in [0.2, 0.25) is 0 Å². The molecule has 0 atom stereocenters. The van der Waals surface area contributed by atoms with Crippen LogP contribution in [0, 0.1) is 0 Å². The Labute approximate surface area is 131 Å². The smallest absolute Gasteiger partial charge is 0.333 e. The molecular formula is C17H23NO4. The molecule has 0 saturated heterocycles. The Bertz CT molecular complexity index is 553. The van der Waals surface area contributed by atoms with Gasteiger partial charge in [-0.1, -0.05) is 12.1 Å². The van der Waals surface area contributed by atoms with E-state index in [-0.39, 0.29) is 18.4 Å². The molecule has 0 bridgehead atoms. The van der Waals surface area contributed by atoms with Crippen LogP contribution < -0.4 is 5.32 Å². The Kier molecular flexibility index (Phi) is 6.16. The quantitative estimate of drug-likeness (QED) is 0.669. The lowest BCUT2D eigenvalue weighted by molar-refractivity contribution is -0.148. The van der Waals surface area contributed by atoms with Crippen LogP contribution >= 0.6 is 0 Å². The first-order valence-electron chi connectivity index (χ1n) is 7.03. The van der Waals surface area contributed by atoms with Gasteiger partial charge in [0.05, 0.1) is 13.5 Å². The van der Waals surface area contributed by atoms with Gasteiger partial charge in [-0.2, -0.15) is 0 Å². The number of esters is 2. The van der Waals surface area contributed by atoms with E-state index < -0.39 is 5.60 Å². The molecule has 0 fully saturated rings. The van der Waals surface area contributed by atoms with Crippen molar-refractivity contribution in [1.82, 2.24) is 0 Å². The van der Waals surface area contributed by atoms with Crippen molar-refractivity contribution in [3.05, 3.63) is 41.6 Å². The number of benzene rings is 1. The van der Waals surface area contributed by atoms with Crippen molar-refractivity contribution in [3.8, 4) is 0 Å². The topological polar surface area (TPSA) is 64.6 Å². The molecule has 1 N–H and O–H groups in total. The zero-order valence-electron chi connectivity index (χ0n) is 13.7. The fourth-order valence-electron chi connectivity index (χ4n) is 1.72. The van der Waals surface area contributed by atoms with Gasteiger partial charge < -0.3 is 14.8 Å². The number of ether oxygens (including phenoxy) is 2. The highest BCUT2D eigenvalue weighted by atomic mass is 16.6. The standard InChI is InChI=1S/C17H23NO4/c1-12(10-16(20)22-17(2,3)4)18-14-8-6-13(7-9-14)11-15(19)21-5/h6-10,18H,11H2,1-5H3. The molecule has 0 aliphatic carbocycles. The maximum atomic E-state index is 11.7. The summed E-state index contributed by atoms with van der Waals surface area (Å²) in [7, 11) is 1.36. The first kappa shape index (κ1) is 17.8. The number of carbonyl (C=O) groups is 2. The molecule has 5 heteroatoms. The number of rotatable bonds is 5. The van der Waals surface area contributed by atoms with Crippen molar-refractivity contribution in [3.63, 3.8) is 0 Å². The molecule has 22 heavy (non-hydrogen) atoms. The maximum absolute atomic E-state index is 11.7. The maximum Gasteiger partial charge on any atom is 0.333 e. The van der Waals surface area contributed by atoms with Crippen LogP contribution in [0.15, 0.2) is 36.0 Å². The van der Waals surface area contributed by atoms with E-state index in [1.807, 2.05) is 45.0 Å². The third-order valence-corrected chi connectivity index (χ3v) is 2.61. The van der Waals surface area contributed by atoms with Gasteiger partial charge in [0, 0.05) is 17.5 Å². The van der Waals surface area contributed by atoms with E-state index in [4.69, 9.17) is 4.74 Å². The van der Waals surface area contributed by atoms with Crippen LogP contribution in [-0.2, 0) is 25.5 Å².